The smallest absolute Gasteiger partial charge is 0.253 e. The van der Waals surface area contributed by atoms with Gasteiger partial charge in [-0.1, -0.05) is 13.8 Å². The fourth-order valence-electron chi connectivity index (χ4n) is 2.75. The molecule has 0 aliphatic carbocycles. The van der Waals surface area contributed by atoms with Crippen LogP contribution < -0.4 is 16.2 Å². The van der Waals surface area contributed by atoms with Gasteiger partial charge in [-0.25, -0.2) is 4.39 Å². The second kappa shape index (κ2) is 8.62. The van der Waals surface area contributed by atoms with Crippen molar-refractivity contribution in [2.45, 2.75) is 40.3 Å². The van der Waals surface area contributed by atoms with Gasteiger partial charge in [0.15, 0.2) is 0 Å². The number of aryl methyl sites for hydroxylation is 2. The third-order valence-electron chi connectivity index (χ3n) is 4.28. The molecule has 0 aliphatic heterocycles. The third-order valence-corrected chi connectivity index (χ3v) is 4.28. The zero-order valence-electron chi connectivity index (χ0n) is 15.9. The molecule has 144 valence electrons. The topological polar surface area (TPSA) is 91.1 Å². The van der Waals surface area contributed by atoms with Crippen LogP contribution in [0.1, 0.15) is 41.0 Å². The van der Waals surface area contributed by atoms with E-state index in [1.165, 1.54) is 24.3 Å². The summed E-state index contributed by atoms with van der Waals surface area (Å²) in [4.78, 5) is 39.7. The lowest BCUT2D eigenvalue weighted by atomic mass is 10.0. The van der Waals surface area contributed by atoms with Crippen LogP contribution in [-0.4, -0.2) is 22.8 Å². The van der Waals surface area contributed by atoms with E-state index in [1.807, 2.05) is 6.07 Å². The summed E-state index contributed by atoms with van der Waals surface area (Å²) in [5, 5.41) is 5.38. The van der Waals surface area contributed by atoms with Crippen LogP contribution in [0.25, 0.3) is 0 Å². The van der Waals surface area contributed by atoms with Crippen molar-refractivity contribution in [1.82, 2.24) is 15.6 Å². The SMILES string of the molecule is Cc1cc(C)c(CNC(=O)[C@@H](NC(=O)c2ccc(F)cc2)C(C)C)c(=O)[nH]1. The van der Waals surface area contributed by atoms with Crippen molar-refractivity contribution in [3.63, 3.8) is 0 Å². The maximum atomic E-state index is 13.0. The fourth-order valence-corrected chi connectivity index (χ4v) is 2.75. The molecule has 1 atom stereocenters. The molecule has 0 spiro atoms. The summed E-state index contributed by atoms with van der Waals surface area (Å²) in [6.45, 7) is 7.27. The highest BCUT2D eigenvalue weighted by Crippen LogP contribution is 2.08. The first-order chi connectivity index (χ1) is 12.7. The maximum Gasteiger partial charge on any atom is 0.253 e. The van der Waals surface area contributed by atoms with Gasteiger partial charge in [0.05, 0.1) is 0 Å². The van der Waals surface area contributed by atoms with E-state index in [0.29, 0.717) is 5.56 Å². The number of hydrogen-bond acceptors (Lipinski definition) is 3. The molecule has 0 bridgehead atoms. The van der Waals surface area contributed by atoms with Gasteiger partial charge in [0.2, 0.25) is 5.91 Å². The molecule has 2 aromatic rings. The second-order valence-electron chi connectivity index (χ2n) is 6.86. The van der Waals surface area contributed by atoms with Crippen LogP contribution in [0.3, 0.4) is 0 Å². The molecule has 0 unspecified atom stereocenters. The Bertz CT molecular complexity index is 888. The molecular weight excluding hydrogens is 349 g/mol. The maximum absolute atomic E-state index is 13.0. The Hall–Kier alpha value is -2.96. The van der Waals surface area contributed by atoms with Crippen molar-refractivity contribution >= 4 is 11.8 Å². The number of nitrogens with one attached hydrogen (secondary N) is 3. The first kappa shape index (κ1) is 20.4. The molecule has 1 aromatic carbocycles. The van der Waals surface area contributed by atoms with Crippen LogP contribution in [0.15, 0.2) is 35.1 Å². The van der Waals surface area contributed by atoms with Gasteiger partial charge < -0.3 is 15.6 Å². The molecule has 2 amide bonds. The number of pyridine rings is 1. The minimum absolute atomic E-state index is 0.0654. The summed E-state index contributed by atoms with van der Waals surface area (Å²) in [6.07, 6.45) is 0. The van der Waals surface area contributed by atoms with Gasteiger partial charge >= 0.3 is 0 Å². The van der Waals surface area contributed by atoms with Crippen molar-refractivity contribution in [3.8, 4) is 0 Å². The van der Waals surface area contributed by atoms with Crippen molar-refractivity contribution in [2.75, 3.05) is 0 Å². The zero-order valence-corrected chi connectivity index (χ0v) is 15.9. The first-order valence-electron chi connectivity index (χ1n) is 8.72. The molecule has 0 saturated heterocycles. The van der Waals surface area contributed by atoms with E-state index in [1.54, 1.807) is 27.7 Å². The molecule has 7 heteroatoms. The van der Waals surface area contributed by atoms with Crippen molar-refractivity contribution in [3.05, 3.63) is 68.9 Å². The van der Waals surface area contributed by atoms with Crippen molar-refractivity contribution in [2.24, 2.45) is 5.92 Å². The lowest BCUT2D eigenvalue weighted by molar-refractivity contribution is -0.124. The summed E-state index contributed by atoms with van der Waals surface area (Å²) in [5.74, 6) is -1.47. The highest BCUT2D eigenvalue weighted by molar-refractivity contribution is 5.97. The van der Waals surface area contributed by atoms with Crippen molar-refractivity contribution < 1.29 is 14.0 Å². The van der Waals surface area contributed by atoms with Crippen LogP contribution in [0.5, 0.6) is 0 Å². The van der Waals surface area contributed by atoms with E-state index in [2.05, 4.69) is 15.6 Å². The largest absolute Gasteiger partial charge is 0.350 e. The number of carbonyl (C=O) groups is 2. The molecule has 6 nitrogen and oxygen atoms in total. The number of benzene rings is 1. The van der Waals surface area contributed by atoms with Crippen molar-refractivity contribution in [1.29, 1.82) is 0 Å². The molecule has 0 saturated carbocycles. The highest BCUT2D eigenvalue weighted by Gasteiger charge is 2.25. The lowest BCUT2D eigenvalue weighted by Gasteiger charge is -2.22. The molecular formula is C20H24FN3O3. The Morgan fingerprint density at radius 2 is 1.78 bits per heavy atom. The van der Waals surface area contributed by atoms with Gasteiger partial charge in [-0.2, -0.15) is 0 Å². The number of aromatic amines is 1. The molecule has 27 heavy (non-hydrogen) atoms. The summed E-state index contributed by atoms with van der Waals surface area (Å²) in [7, 11) is 0. The summed E-state index contributed by atoms with van der Waals surface area (Å²) < 4.78 is 13.0. The Morgan fingerprint density at radius 1 is 1.15 bits per heavy atom. The minimum atomic E-state index is -0.785. The van der Waals surface area contributed by atoms with Gasteiger partial charge in [0, 0.05) is 23.4 Å². The molecule has 0 radical (unpaired) electrons. The summed E-state index contributed by atoms with van der Waals surface area (Å²) >= 11 is 0. The van der Waals surface area contributed by atoms with E-state index >= 15 is 0 Å². The average molecular weight is 373 g/mol. The standard InChI is InChI=1S/C20H24FN3O3/c1-11(2)17(24-18(25)14-5-7-15(21)8-6-14)20(27)22-10-16-12(3)9-13(4)23-19(16)26/h5-9,11,17H,10H2,1-4H3,(H,22,27)(H,23,26)(H,24,25)/t17-/m0/s1. The van der Waals surface area contributed by atoms with Gasteiger partial charge in [-0.05, 0) is 55.7 Å². The molecule has 2 rings (SSSR count). The third kappa shape index (κ3) is 5.26. The number of rotatable bonds is 6. The predicted molar refractivity (Wildman–Crippen MR) is 101 cm³/mol. The Morgan fingerprint density at radius 3 is 2.33 bits per heavy atom. The molecule has 3 N–H and O–H groups in total. The molecule has 1 heterocycles. The minimum Gasteiger partial charge on any atom is -0.350 e. The van der Waals surface area contributed by atoms with Gasteiger partial charge in [-0.15, -0.1) is 0 Å². The monoisotopic (exact) mass is 373 g/mol. The number of H-pyrrole nitrogens is 1. The summed E-state index contributed by atoms with van der Waals surface area (Å²) in [5.41, 5.74) is 2.03. The van der Waals surface area contributed by atoms with E-state index in [-0.39, 0.29) is 29.5 Å². The van der Waals surface area contributed by atoms with Gasteiger partial charge in [0.1, 0.15) is 11.9 Å². The van der Waals surface area contributed by atoms with Crippen LogP contribution >= 0.6 is 0 Å². The number of aromatic nitrogens is 1. The zero-order chi connectivity index (χ0) is 20.1. The predicted octanol–water partition coefficient (Wildman–Crippen LogP) is 2.20. The highest BCUT2D eigenvalue weighted by atomic mass is 19.1. The lowest BCUT2D eigenvalue weighted by Crippen LogP contribution is -2.49. The van der Waals surface area contributed by atoms with Gasteiger partial charge in [-0.3, -0.25) is 14.4 Å². The Labute approximate surface area is 157 Å². The molecule has 0 aliphatic rings. The first-order valence-corrected chi connectivity index (χ1v) is 8.72. The van der Waals surface area contributed by atoms with Crippen LogP contribution in [0, 0.1) is 25.6 Å². The second-order valence-corrected chi connectivity index (χ2v) is 6.86. The number of amides is 2. The number of hydrogen-bond donors (Lipinski definition) is 3. The van der Waals surface area contributed by atoms with Crippen LogP contribution in [0.2, 0.25) is 0 Å². The van der Waals surface area contributed by atoms with E-state index in [4.69, 9.17) is 0 Å². The Balaban J connectivity index is 2.08. The van der Waals surface area contributed by atoms with E-state index in [9.17, 15) is 18.8 Å². The number of halogens is 1. The summed E-state index contributed by atoms with van der Waals surface area (Å²) in [6, 6.07) is 6.13. The normalized spacial score (nSPS) is 11.9. The molecule has 0 fully saturated rings. The molecule has 1 aromatic heterocycles. The van der Waals surface area contributed by atoms with Crippen LogP contribution in [0.4, 0.5) is 4.39 Å². The van der Waals surface area contributed by atoms with Crippen LogP contribution in [-0.2, 0) is 11.3 Å². The average Bonchev–Trinajstić information content (AvgIpc) is 2.58. The fraction of sp³-hybridized carbons (Fsp3) is 0.350. The quantitative estimate of drug-likeness (QED) is 0.725. The Kier molecular flexibility index (Phi) is 6.50. The number of carbonyl (C=O) groups excluding carboxylic acids is 2. The van der Waals surface area contributed by atoms with E-state index in [0.717, 1.165) is 11.3 Å². The van der Waals surface area contributed by atoms with E-state index < -0.39 is 17.8 Å². The van der Waals surface area contributed by atoms with Gasteiger partial charge in [0.25, 0.3) is 11.5 Å².